The Balaban J connectivity index is 1.93. The zero-order chi connectivity index (χ0) is 23.1. The van der Waals surface area contributed by atoms with Crippen LogP contribution in [0.3, 0.4) is 0 Å². The van der Waals surface area contributed by atoms with Crippen molar-refractivity contribution in [3.05, 3.63) is 75.4 Å². The second kappa shape index (κ2) is 11.1. The summed E-state index contributed by atoms with van der Waals surface area (Å²) in [5.74, 6) is 2.32. The Morgan fingerprint density at radius 2 is 1.34 bits per heavy atom. The largest absolute Gasteiger partial charge is 0.493 e. The normalized spacial score (nSPS) is 11.4. The third kappa shape index (κ3) is 5.64. The van der Waals surface area contributed by atoms with Gasteiger partial charge in [-0.25, -0.2) is 0 Å². The van der Waals surface area contributed by atoms with E-state index in [4.69, 9.17) is 18.9 Å². The van der Waals surface area contributed by atoms with Gasteiger partial charge in [0.2, 0.25) is 0 Å². The maximum absolute atomic E-state index is 13.2. The molecular formula is C25H26INO5. The van der Waals surface area contributed by atoms with Gasteiger partial charge < -0.3 is 24.3 Å². The van der Waals surface area contributed by atoms with Gasteiger partial charge in [0.1, 0.15) is 0 Å². The van der Waals surface area contributed by atoms with Gasteiger partial charge >= 0.3 is 0 Å². The summed E-state index contributed by atoms with van der Waals surface area (Å²) in [6.45, 7) is 0. The van der Waals surface area contributed by atoms with E-state index in [1.54, 1.807) is 46.6 Å². The number of carbonyl (C=O) groups is 1. The zero-order valence-electron chi connectivity index (χ0n) is 18.5. The van der Waals surface area contributed by atoms with Crippen LogP contribution in [0.4, 0.5) is 5.69 Å². The molecule has 0 spiro atoms. The van der Waals surface area contributed by atoms with Gasteiger partial charge in [0, 0.05) is 21.2 Å². The summed E-state index contributed by atoms with van der Waals surface area (Å²) in [4.78, 5) is 13.2. The molecule has 3 aromatic rings. The summed E-state index contributed by atoms with van der Waals surface area (Å²) in [6, 6.07) is 18.6. The molecule has 0 aromatic heterocycles. The number of hydrogen-bond acceptors (Lipinski definition) is 6. The number of hydrogen-bond donors (Lipinski definition) is 1. The summed E-state index contributed by atoms with van der Waals surface area (Å²) < 4.78 is 22.6. The zero-order valence-corrected chi connectivity index (χ0v) is 20.6. The van der Waals surface area contributed by atoms with Crippen molar-refractivity contribution >= 4 is 34.1 Å². The summed E-state index contributed by atoms with van der Waals surface area (Å²) in [7, 11) is 6.31. The summed E-state index contributed by atoms with van der Waals surface area (Å²) in [5.41, 5.74) is 2.39. The standard InChI is InChI=1S/C25H26INO5/c1-29-22-11-5-16(13-24(22)31-3)20(27-19-9-7-18(26)8-10-19)15-21(28)17-6-12-23(30-2)25(14-17)32-4/h5-14,20,27H,15H2,1-4H3. The molecule has 0 saturated heterocycles. The first-order chi connectivity index (χ1) is 15.5. The van der Waals surface area contributed by atoms with Gasteiger partial charge in [-0.2, -0.15) is 0 Å². The number of ether oxygens (including phenoxy) is 4. The average molecular weight is 547 g/mol. The molecule has 3 rings (SSSR count). The first-order valence-electron chi connectivity index (χ1n) is 9.98. The van der Waals surface area contributed by atoms with Crippen molar-refractivity contribution in [2.75, 3.05) is 33.8 Å². The fourth-order valence-corrected chi connectivity index (χ4v) is 3.74. The number of ketones is 1. The number of nitrogens with one attached hydrogen (secondary N) is 1. The number of halogens is 1. The van der Waals surface area contributed by atoms with E-state index in [0.29, 0.717) is 28.6 Å². The van der Waals surface area contributed by atoms with Crippen LogP contribution >= 0.6 is 22.6 Å². The second-order valence-electron chi connectivity index (χ2n) is 7.02. The fraction of sp³-hybridized carbons (Fsp3) is 0.240. The molecule has 1 unspecified atom stereocenters. The topological polar surface area (TPSA) is 66.0 Å². The van der Waals surface area contributed by atoms with Crippen molar-refractivity contribution in [1.82, 2.24) is 0 Å². The molecule has 0 aliphatic rings. The fourth-order valence-electron chi connectivity index (χ4n) is 3.38. The molecule has 0 fully saturated rings. The Morgan fingerprint density at radius 1 is 0.781 bits per heavy atom. The van der Waals surface area contributed by atoms with Gasteiger partial charge in [0.25, 0.3) is 0 Å². The van der Waals surface area contributed by atoms with E-state index in [-0.39, 0.29) is 18.2 Å². The van der Waals surface area contributed by atoms with E-state index in [1.165, 1.54) is 0 Å². The minimum absolute atomic E-state index is 0.0243. The van der Waals surface area contributed by atoms with Crippen LogP contribution < -0.4 is 24.3 Å². The predicted molar refractivity (Wildman–Crippen MR) is 134 cm³/mol. The van der Waals surface area contributed by atoms with Crippen molar-refractivity contribution in [2.45, 2.75) is 12.5 Å². The highest BCUT2D eigenvalue weighted by Gasteiger charge is 2.20. The van der Waals surface area contributed by atoms with Crippen LogP contribution in [-0.2, 0) is 0 Å². The monoisotopic (exact) mass is 547 g/mol. The van der Waals surface area contributed by atoms with Gasteiger partial charge in [-0.05, 0) is 82.8 Å². The van der Waals surface area contributed by atoms with E-state index in [1.807, 2.05) is 42.5 Å². The quantitative estimate of drug-likeness (QED) is 0.258. The van der Waals surface area contributed by atoms with Crippen LogP contribution in [0.1, 0.15) is 28.4 Å². The van der Waals surface area contributed by atoms with Crippen molar-refractivity contribution in [3.63, 3.8) is 0 Å². The highest BCUT2D eigenvalue weighted by molar-refractivity contribution is 14.1. The van der Waals surface area contributed by atoms with Crippen molar-refractivity contribution in [1.29, 1.82) is 0 Å². The maximum atomic E-state index is 13.2. The first kappa shape index (κ1) is 23.7. The Kier molecular flexibility index (Phi) is 8.21. The first-order valence-corrected chi connectivity index (χ1v) is 11.1. The van der Waals surface area contributed by atoms with Crippen molar-refractivity contribution in [3.8, 4) is 23.0 Å². The molecule has 1 atom stereocenters. The molecule has 0 amide bonds. The second-order valence-corrected chi connectivity index (χ2v) is 8.26. The molecule has 1 N–H and O–H groups in total. The van der Waals surface area contributed by atoms with E-state index < -0.39 is 0 Å². The Bertz CT molecular complexity index is 1070. The molecule has 7 heteroatoms. The Morgan fingerprint density at radius 3 is 1.94 bits per heavy atom. The Labute approximate surface area is 202 Å². The predicted octanol–water partition coefficient (Wildman–Crippen LogP) is 5.75. The lowest BCUT2D eigenvalue weighted by atomic mass is 9.97. The molecule has 0 heterocycles. The molecule has 0 aliphatic carbocycles. The molecular weight excluding hydrogens is 521 g/mol. The third-order valence-electron chi connectivity index (χ3n) is 5.09. The lowest BCUT2D eigenvalue weighted by Crippen LogP contribution is -2.16. The lowest BCUT2D eigenvalue weighted by molar-refractivity contribution is 0.0976. The number of methoxy groups -OCH3 is 4. The molecule has 0 aliphatic heterocycles. The van der Waals surface area contributed by atoms with Crippen LogP contribution in [0.25, 0.3) is 0 Å². The number of carbonyl (C=O) groups excluding carboxylic acids is 1. The van der Waals surface area contributed by atoms with Gasteiger partial charge in [0.15, 0.2) is 28.8 Å². The summed E-state index contributed by atoms with van der Waals surface area (Å²) in [5, 5.41) is 3.49. The molecule has 32 heavy (non-hydrogen) atoms. The Hall–Kier alpha value is -2.94. The van der Waals surface area contributed by atoms with Crippen LogP contribution in [-0.4, -0.2) is 34.2 Å². The van der Waals surface area contributed by atoms with Gasteiger partial charge in [-0.1, -0.05) is 6.07 Å². The van der Waals surface area contributed by atoms with E-state index in [9.17, 15) is 4.79 Å². The van der Waals surface area contributed by atoms with Crippen LogP contribution in [0.5, 0.6) is 23.0 Å². The number of anilines is 1. The summed E-state index contributed by atoms with van der Waals surface area (Å²) >= 11 is 2.26. The number of Topliss-reactive ketones (excluding diaryl/α,β-unsaturated/α-hetero) is 1. The molecule has 3 aromatic carbocycles. The third-order valence-corrected chi connectivity index (χ3v) is 5.81. The number of benzene rings is 3. The van der Waals surface area contributed by atoms with Crippen LogP contribution in [0.15, 0.2) is 60.7 Å². The lowest BCUT2D eigenvalue weighted by Gasteiger charge is -2.21. The van der Waals surface area contributed by atoms with E-state index in [2.05, 4.69) is 27.9 Å². The highest BCUT2D eigenvalue weighted by Crippen LogP contribution is 2.34. The molecule has 0 bridgehead atoms. The number of rotatable bonds is 10. The minimum atomic E-state index is -0.282. The highest BCUT2D eigenvalue weighted by atomic mass is 127. The van der Waals surface area contributed by atoms with Crippen molar-refractivity contribution in [2.24, 2.45) is 0 Å². The minimum Gasteiger partial charge on any atom is -0.493 e. The van der Waals surface area contributed by atoms with Gasteiger partial charge in [-0.3, -0.25) is 4.79 Å². The van der Waals surface area contributed by atoms with Crippen LogP contribution in [0.2, 0.25) is 0 Å². The smallest absolute Gasteiger partial charge is 0.165 e. The molecule has 6 nitrogen and oxygen atoms in total. The van der Waals surface area contributed by atoms with Crippen molar-refractivity contribution < 1.29 is 23.7 Å². The SMILES string of the molecule is COc1ccc(C(=O)CC(Nc2ccc(I)cc2)c2ccc(OC)c(OC)c2)cc1OC. The van der Waals surface area contributed by atoms with Gasteiger partial charge in [-0.15, -0.1) is 0 Å². The maximum Gasteiger partial charge on any atom is 0.165 e. The van der Waals surface area contributed by atoms with Crippen LogP contribution in [0, 0.1) is 3.57 Å². The average Bonchev–Trinajstić information content (AvgIpc) is 2.83. The molecule has 0 radical (unpaired) electrons. The van der Waals surface area contributed by atoms with E-state index >= 15 is 0 Å². The summed E-state index contributed by atoms with van der Waals surface area (Å²) in [6.07, 6.45) is 0.233. The van der Waals surface area contributed by atoms with Gasteiger partial charge in [0.05, 0.1) is 34.5 Å². The molecule has 168 valence electrons. The molecule has 0 saturated carbocycles. The van der Waals surface area contributed by atoms with E-state index in [0.717, 1.165) is 14.8 Å².